The molecule has 1 amide bonds. The summed E-state index contributed by atoms with van der Waals surface area (Å²) in [5.74, 6) is -0.915. The number of amides is 1. The molecule has 0 spiro atoms. The fourth-order valence-corrected chi connectivity index (χ4v) is 1.97. The Morgan fingerprint density at radius 2 is 2.33 bits per heavy atom. The van der Waals surface area contributed by atoms with E-state index in [0.717, 1.165) is 11.1 Å². The highest BCUT2D eigenvalue weighted by Crippen LogP contribution is 2.26. The lowest BCUT2D eigenvalue weighted by atomic mass is 10.1. The quantitative estimate of drug-likeness (QED) is 0.885. The molecule has 1 aliphatic heterocycles. The van der Waals surface area contributed by atoms with Gasteiger partial charge in [0.15, 0.2) is 0 Å². The van der Waals surface area contributed by atoms with Gasteiger partial charge >= 0.3 is 12.1 Å². The van der Waals surface area contributed by atoms with E-state index in [1.807, 2.05) is 31.2 Å². The number of carbonyl (C=O) groups is 2. The monoisotopic (exact) mass is 249 g/mol. The maximum Gasteiger partial charge on any atom is 0.410 e. The smallest absolute Gasteiger partial charge is 0.410 e. The highest BCUT2D eigenvalue weighted by molar-refractivity contribution is 5.72. The van der Waals surface area contributed by atoms with Crippen LogP contribution in [0.15, 0.2) is 24.3 Å². The first-order valence-corrected chi connectivity index (χ1v) is 5.80. The largest absolute Gasteiger partial charge is 0.481 e. The number of ether oxygens (including phenoxy) is 1. The van der Waals surface area contributed by atoms with Crippen molar-refractivity contribution in [3.8, 4) is 0 Å². The molecular weight excluding hydrogens is 234 g/mol. The van der Waals surface area contributed by atoms with E-state index in [2.05, 4.69) is 0 Å². The fourth-order valence-electron chi connectivity index (χ4n) is 1.97. The zero-order chi connectivity index (χ0) is 13.1. The molecule has 5 nitrogen and oxygen atoms in total. The molecule has 1 heterocycles. The Bertz CT molecular complexity index is 472. The summed E-state index contributed by atoms with van der Waals surface area (Å²) in [5.41, 5.74) is 2.05. The van der Waals surface area contributed by atoms with Crippen LogP contribution in [0.25, 0.3) is 0 Å². The second-order valence-electron chi connectivity index (χ2n) is 4.38. The summed E-state index contributed by atoms with van der Waals surface area (Å²) in [6.45, 7) is 2.58. The van der Waals surface area contributed by atoms with Crippen LogP contribution in [0, 0.1) is 6.92 Å². The van der Waals surface area contributed by atoms with Crippen LogP contribution in [0.1, 0.15) is 23.7 Å². The van der Waals surface area contributed by atoms with Crippen molar-refractivity contribution in [1.82, 2.24) is 4.90 Å². The molecular formula is C13H15NO4. The van der Waals surface area contributed by atoms with E-state index in [1.54, 1.807) is 0 Å². The molecule has 5 heteroatoms. The van der Waals surface area contributed by atoms with Crippen molar-refractivity contribution in [2.24, 2.45) is 0 Å². The van der Waals surface area contributed by atoms with Gasteiger partial charge in [-0.3, -0.25) is 4.79 Å². The lowest BCUT2D eigenvalue weighted by molar-refractivity contribution is -0.137. The van der Waals surface area contributed by atoms with Crippen molar-refractivity contribution in [2.45, 2.75) is 19.4 Å². The molecule has 18 heavy (non-hydrogen) atoms. The second-order valence-corrected chi connectivity index (χ2v) is 4.38. The Hall–Kier alpha value is -2.04. The number of benzene rings is 1. The predicted octanol–water partition coefficient (Wildman–Crippen LogP) is 1.96. The predicted molar refractivity (Wildman–Crippen MR) is 64.2 cm³/mol. The van der Waals surface area contributed by atoms with E-state index >= 15 is 0 Å². The summed E-state index contributed by atoms with van der Waals surface area (Å²) in [4.78, 5) is 23.5. The number of cyclic esters (lactones) is 1. The van der Waals surface area contributed by atoms with Crippen molar-refractivity contribution in [2.75, 3.05) is 13.1 Å². The van der Waals surface area contributed by atoms with Crippen LogP contribution in [-0.4, -0.2) is 35.2 Å². The summed E-state index contributed by atoms with van der Waals surface area (Å²) in [6, 6.07) is 7.77. The van der Waals surface area contributed by atoms with Crippen LogP contribution in [0.4, 0.5) is 4.79 Å². The minimum atomic E-state index is -0.915. The highest BCUT2D eigenvalue weighted by Gasteiger charge is 2.32. The molecule has 1 aliphatic rings. The van der Waals surface area contributed by atoms with Gasteiger partial charge in [-0.2, -0.15) is 0 Å². The Balaban J connectivity index is 2.02. The summed E-state index contributed by atoms with van der Waals surface area (Å²) < 4.78 is 5.24. The minimum Gasteiger partial charge on any atom is -0.481 e. The first-order valence-electron chi connectivity index (χ1n) is 5.80. The van der Waals surface area contributed by atoms with E-state index in [4.69, 9.17) is 9.84 Å². The molecule has 0 radical (unpaired) electrons. The summed E-state index contributed by atoms with van der Waals surface area (Å²) in [6.07, 6.45) is -0.802. The molecule has 0 aromatic heterocycles. The van der Waals surface area contributed by atoms with Crippen LogP contribution in [0.5, 0.6) is 0 Å². The molecule has 1 N–H and O–H groups in total. The number of carboxylic acids is 1. The van der Waals surface area contributed by atoms with Gasteiger partial charge < -0.3 is 14.7 Å². The zero-order valence-electron chi connectivity index (χ0n) is 10.1. The van der Waals surface area contributed by atoms with Crippen molar-refractivity contribution in [3.05, 3.63) is 35.4 Å². The molecule has 1 saturated heterocycles. The number of hydrogen-bond donors (Lipinski definition) is 1. The van der Waals surface area contributed by atoms with Crippen molar-refractivity contribution in [1.29, 1.82) is 0 Å². The van der Waals surface area contributed by atoms with Gasteiger partial charge in [0, 0.05) is 6.54 Å². The lowest BCUT2D eigenvalue weighted by Crippen LogP contribution is -2.27. The Morgan fingerprint density at radius 1 is 1.56 bits per heavy atom. The average Bonchev–Trinajstić information content (AvgIpc) is 2.68. The fraction of sp³-hybridized carbons (Fsp3) is 0.385. The molecule has 1 atom stereocenters. The van der Waals surface area contributed by atoms with E-state index in [-0.39, 0.29) is 19.1 Å². The SMILES string of the molecule is Cc1cccc(C2CN(CCC(=O)O)C(=O)O2)c1. The summed E-state index contributed by atoms with van der Waals surface area (Å²) in [7, 11) is 0. The number of aryl methyl sites for hydroxylation is 1. The third kappa shape index (κ3) is 2.80. The van der Waals surface area contributed by atoms with Gasteiger partial charge in [-0.05, 0) is 12.5 Å². The van der Waals surface area contributed by atoms with E-state index in [0.29, 0.717) is 6.54 Å². The second kappa shape index (κ2) is 5.08. The van der Waals surface area contributed by atoms with Crippen LogP contribution in [-0.2, 0) is 9.53 Å². The summed E-state index contributed by atoms with van der Waals surface area (Å²) >= 11 is 0. The van der Waals surface area contributed by atoms with Crippen LogP contribution in [0.3, 0.4) is 0 Å². The Labute approximate surface area is 105 Å². The Kier molecular flexibility index (Phi) is 3.50. The zero-order valence-corrected chi connectivity index (χ0v) is 10.1. The number of carbonyl (C=O) groups excluding carboxylic acids is 1. The van der Waals surface area contributed by atoms with Gasteiger partial charge in [0.05, 0.1) is 13.0 Å². The maximum atomic E-state index is 11.6. The summed E-state index contributed by atoms with van der Waals surface area (Å²) in [5, 5.41) is 8.60. The molecule has 1 unspecified atom stereocenters. The first-order chi connectivity index (χ1) is 8.56. The van der Waals surface area contributed by atoms with Crippen LogP contribution in [0.2, 0.25) is 0 Å². The van der Waals surface area contributed by atoms with Crippen LogP contribution < -0.4 is 0 Å². The molecule has 96 valence electrons. The third-order valence-corrected chi connectivity index (χ3v) is 2.90. The molecule has 1 fully saturated rings. The minimum absolute atomic E-state index is 0.0599. The first kappa shape index (κ1) is 12.4. The number of aliphatic carboxylic acids is 1. The maximum absolute atomic E-state index is 11.6. The highest BCUT2D eigenvalue weighted by atomic mass is 16.6. The number of carboxylic acid groups (broad SMARTS) is 1. The molecule has 0 saturated carbocycles. The molecule has 1 aromatic rings. The number of nitrogens with zero attached hydrogens (tertiary/aromatic N) is 1. The van der Waals surface area contributed by atoms with Crippen molar-refractivity contribution < 1.29 is 19.4 Å². The van der Waals surface area contributed by atoms with E-state index in [9.17, 15) is 9.59 Å². The van der Waals surface area contributed by atoms with E-state index < -0.39 is 12.1 Å². The van der Waals surface area contributed by atoms with Crippen molar-refractivity contribution in [3.63, 3.8) is 0 Å². The topological polar surface area (TPSA) is 66.8 Å². The van der Waals surface area contributed by atoms with Gasteiger partial charge in [-0.15, -0.1) is 0 Å². The normalized spacial score (nSPS) is 18.8. The Morgan fingerprint density at radius 3 is 3.00 bits per heavy atom. The molecule has 2 rings (SSSR count). The molecule has 0 bridgehead atoms. The van der Waals surface area contributed by atoms with Gasteiger partial charge in [0.25, 0.3) is 0 Å². The lowest BCUT2D eigenvalue weighted by Gasteiger charge is -2.11. The van der Waals surface area contributed by atoms with Gasteiger partial charge in [-0.1, -0.05) is 29.8 Å². The van der Waals surface area contributed by atoms with E-state index in [1.165, 1.54) is 4.90 Å². The number of rotatable bonds is 4. The van der Waals surface area contributed by atoms with Gasteiger partial charge in [-0.25, -0.2) is 4.79 Å². The van der Waals surface area contributed by atoms with Gasteiger partial charge in [0.1, 0.15) is 6.10 Å². The van der Waals surface area contributed by atoms with Gasteiger partial charge in [0.2, 0.25) is 0 Å². The van der Waals surface area contributed by atoms with Crippen molar-refractivity contribution >= 4 is 12.1 Å². The average molecular weight is 249 g/mol. The molecule has 1 aromatic carbocycles. The van der Waals surface area contributed by atoms with Crippen LogP contribution >= 0.6 is 0 Å². The number of hydrogen-bond acceptors (Lipinski definition) is 3. The standard InChI is InChI=1S/C13H15NO4/c1-9-3-2-4-10(7-9)11-8-14(13(17)18-11)6-5-12(15)16/h2-4,7,11H,5-6,8H2,1H3,(H,15,16). The third-order valence-electron chi connectivity index (χ3n) is 2.90. The molecule has 0 aliphatic carbocycles.